The number of rotatable bonds is 3. The molecule has 0 amide bonds. The molecule has 1 aromatic rings. The highest BCUT2D eigenvalue weighted by molar-refractivity contribution is 5.49. The minimum atomic E-state index is -0.127. The predicted molar refractivity (Wildman–Crippen MR) is 69.0 cm³/mol. The molecule has 1 heterocycles. The number of nitrogens with zero attached hydrogens (tertiary/aromatic N) is 2. The van der Waals surface area contributed by atoms with Crippen molar-refractivity contribution in [1.29, 1.82) is 0 Å². The molecule has 1 N–H and O–H groups in total. The molecule has 94 valence electrons. The number of likely N-dealkylation sites (N-methyl/N-ethyl adjacent to an activating group) is 1. The second kappa shape index (κ2) is 5.47. The quantitative estimate of drug-likeness (QED) is 0.851. The summed E-state index contributed by atoms with van der Waals surface area (Å²) < 4.78 is 13.8. The lowest BCUT2D eigenvalue weighted by Crippen LogP contribution is -2.55. The van der Waals surface area contributed by atoms with E-state index in [1.165, 1.54) is 6.07 Å². The van der Waals surface area contributed by atoms with Crippen molar-refractivity contribution in [3.63, 3.8) is 0 Å². The topological polar surface area (TPSA) is 18.5 Å². The SMILES string of the molecule is CN(C)CC1CNCCN1c1ccccc1F. The number of benzene rings is 1. The molecule has 1 atom stereocenters. The van der Waals surface area contributed by atoms with Crippen molar-refractivity contribution in [3.05, 3.63) is 30.1 Å². The molecule has 0 spiro atoms. The van der Waals surface area contributed by atoms with E-state index in [1.54, 1.807) is 6.07 Å². The maximum Gasteiger partial charge on any atom is 0.146 e. The summed E-state index contributed by atoms with van der Waals surface area (Å²) in [5.41, 5.74) is 0.723. The Hall–Kier alpha value is -1.13. The van der Waals surface area contributed by atoms with Crippen LogP contribution in [-0.2, 0) is 0 Å². The first-order valence-corrected chi connectivity index (χ1v) is 6.05. The highest BCUT2D eigenvalue weighted by atomic mass is 19.1. The molecule has 1 fully saturated rings. The van der Waals surface area contributed by atoms with Gasteiger partial charge >= 0.3 is 0 Å². The zero-order valence-electron chi connectivity index (χ0n) is 10.5. The number of para-hydroxylation sites is 1. The molecule has 0 aliphatic carbocycles. The van der Waals surface area contributed by atoms with Crippen LogP contribution in [0.15, 0.2) is 24.3 Å². The first-order valence-electron chi connectivity index (χ1n) is 6.05. The van der Waals surface area contributed by atoms with Gasteiger partial charge in [0, 0.05) is 26.2 Å². The maximum absolute atomic E-state index is 13.8. The molecule has 0 saturated carbocycles. The van der Waals surface area contributed by atoms with Gasteiger partial charge in [-0.2, -0.15) is 0 Å². The van der Waals surface area contributed by atoms with Gasteiger partial charge in [-0.3, -0.25) is 0 Å². The Kier molecular flexibility index (Phi) is 3.97. The van der Waals surface area contributed by atoms with Crippen LogP contribution in [0.4, 0.5) is 10.1 Å². The summed E-state index contributed by atoms with van der Waals surface area (Å²) in [7, 11) is 4.10. The minimum absolute atomic E-state index is 0.127. The first-order chi connectivity index (χ1) is 8.18. The maximum atomic E-state index is 13.8. The van der Waals surface area contributed by atoms with Crippen molar-refractivity contribution in [2.24, 2.45) is 0 Å². The van der Waals surface area contributed by atoms with Crippen LogP contribution < -0.4 is 10.2 Å². The lowest BCUT2D eigenvalue weighted by molar-refractivity contribution is 0.335. The molecule has 3 nitrogen and oxygen atoms in total. The third-order valence-electron chi connectivity index (χ3n) is 3.09. The van der Waals surface area contributed by atoms with E-state index in [1.807, 2.05) is 26.2 Å². The Labute approximate surface area is 102 Å². The van der Waals surface area contributed by atoms with Gasteiger partial charge in [0.15, 0.2) is 0 Å². The Balaban J connectivity index is 2.19. The zero-order chi connectivity index (χ0) is 12.3. The van der Waals surface area contributed by atoms with Gasteiger partial charge in [-0.1, -0.05) is 12.1 Å². The summed E-state index contributed by atoms with van der Waals surface area (Å²) in [6, 6.07) is 7.36. The summed E-state index contributed by atoms with van der Waals surface area (Å²) in [5, 5.41) is 3.37. The Morgan fingerprint density at radius 1 is 1.41 bits per heavy atom. The van der Waals surface area contributed by atoms with Gasteiger partial charge in [-0.25, -0.2) is 4.39 Å². The molecule has 1 aromatic carbocycles. The van der Waals surface area contributed by atoms with Crippen LogP contribution >= 0.6 is 0 Å². The van der Waals surface area contributed by atoms with Crippen LogP contribution in [-0.4, -0.2) is 51.2 Å². The molecular formula is C13H20FN3. The van der Waals surface area contributed by atoms with E-state index in [9.17, 15) is 4.39 Å². The van der Waals surface area contributed by atoms with E-state index >= 15 is 0 Å². The van der Waals surface area contributed by atoms with Gasteiger partial charge in [-0.15, -0.1) is 0 Å². The van der Waals surface area contributed by atoms with E-state index < -0.39 is 0 Å². The zero-order valence-corrected chi connectivity index (χ0v) is 10.5. The molecule has 2 rings (SSSR count). The first kappa shape index (κ1) is 12.3. The van der Waals surface area contributed by atoms with Gasteiger partial charge < -0.3 is 15.1 Å². The second-order valence-corrected chi connectivity index (χ2v) is 4.76. The van der Waals surface area contributed by atoms with Gasteiger partial charge in [0.25, 0.3) is 0 Å². The van der Waals surface area contributed by atoms with E-state index in [0.29, 0.717) is 6.04 Å². The van der Waals surface area contributed by atoms with Crippen LogP contribution in [0.25, 0.3) is 0 Å². The monoisotopic (exact) mass is 237 g/mol. The largest absolute Gasteiger partial charge is 0.362 e. The van der Waals surface area contributed by atoms with Crippen molar-refractivity contribution in [2.45, 2.75) is 6.04 Å². The van der Waals surface area contributed by atoms with Crippen LogP contribution in [0, 0.1) is 5.82 Å². The molecule has 0 bridgehead atoms. The molecule has 4 heteroatoms. The summed E-state index contributed by atoms with van der Waals surface area (Å²) in [6.07, 6.45) is 0. The number of hydrogen-bond donors (Lipinski definition) is 1. The van der Waals surface area contributed by atoms with Crippen molar-refractivity contribution in [3.8, 4) is 0 Å². The van der Waals surface area contributed by atoms with Crippen molar-refractivity contribution >= 4 is 5.69 Å². The van der Waals surface area contributed by atoms with E-state index in [2.05, 4.69) is 15.1 Å². The lowest BCUT2D eigenvalue weighted by atomic mass is 10.1. The number of hydrogen-bond acceptors (Lipinski definition) is 3. The molecule has 1 saturated heterocycles. The fraction of sp³-hybridized carbons (Fsp3) is 0.538. The fourth-order valence-corrected chi connectivity index (χ4v) is 2.35. The van der Waals surface area contributed by atoms with Gasteiger partial charge in [0.2, 0.25) is 0 Å². The molecule has 17 heavy (non-hydrogen) atoms. The lowest BCUT2D eigenvalue weighted by Gasteiger charge is -2.39. The highest BCUT2D eigenvalue weighted by Gasteiger charge is 2.24. The van der Waals surface area contributed by atoms with E-state index in [4.69, 9.17) is 0 Å². The van der Waals surface area contributed by atoms with Crippen LogP contribution in [0.5, 0.6) is 0 Å². The van der Waals surface area contributed by atoms with Crippen LogP contribution in [0.1, 0.15) is 0 Å². The fourth-order valence-electron chi connectivity index (χ4n) is 2.35. The average molecular weight is 237 g/mol. The van der Waals surface area contributed by atoms with Crippen LogP contribution in [0.3, 0.4) is 0 Å². The van der Waals surface area contributed by atoms with Crippen LogP contribution in [0.2, 0.25) is 0 Å². The van der Waals surface area contributed by atoms with Crippen molar-refractivity contribution < 1.29 is 4.39 Å². The molecule has 1 aliphatic rings. The Morgan fingerprint density at radius 2 is 2.18 bits per heavy atom. The molecular weight excluding hydrogens is 217 g/mol. The minimum Gasteiger partial charge on any atom is -0.362 e. The van der Waals surface area contributed by atoms with Gasteiger partial charge in [0.05, 0.1) is 11.7 Å². The van der Waals surface area contributed by atoms with E-state index in [-0.39, 0.29) is 5.82 Å². The normalized spacial score (nSPS) is 20.9. The Morgan fingerprint density at radius 3 is 2.88 bits per heavy atom. The van der Waals surface area contributed by atoms with E-state index in [0.717, 1.165) is 31.9 Å². The van der Waals surface area contributed by atoms with Gasteiger partial charge in [0.1, 0.15) is 5.82 Å². The third kappa shape index (κ3) is 2.96. The summed E-state index contributed by atoms with van der Waals surface area (Å²) in [5.74, 6) is -0.127. The third-order valence-corrected chi connectivity index (χ3v) is 3.09. The number of piperazine rings is 1. The molecule has 1 aliphatic heterocycles. The molecule has 0 radical (unpaired) electrons. The Bertz CT molecular complexity index is 367. The standard InChI is InChI=1S/C13H20FN3/c1-16(2)10-11-9-15-7-8-17(11)13-6-4-3-5-12(13)14/h3-6,11,15H,7-10H2,1-2H3. The smallest absolute Gasteiger partial charge is 0.146 e. The number of anilines is 1. The van der Waals surface area contributed by atoms with Crippen molar-refractivity contribution in [2.75, 3.05) is 45.2 Å². The van der Waals surface area contributed by atoms with Gasteiger partial charge in [-0.05, 0) is 26.2 Å². The number of nitrogens with one attached hydrogen (secondary N) is 1. The summed E-state index contributed by atoms with van der Waals surface area (Å²) in [6.45, 7) is 3.62. The summed E-state index contributed by atoms with van der Waals surface area (Å²) >= 11 is 0. The molecule has 0 aromatic heterocycles. The summed E-state index contributed by atoms with van der Waals surface area (Å²) in [4.78, 5) is 4.32. The second-order valence-electron chi connectivity index (χ2n) is 4.76. The highest BCUT2D eigenvalue weighted by Crippen LogP contribution is 2.22. The molecule has 1 unspecified atom stereocenters. The number of halogens is 1. The predicted octanol–water partition coefficient (Wildman–Crippen LogP) is 1.17. The van der Waals surface area contributed by atoms with Crippen molar-refractivity contribution in [1.82, 2.24) is 10.2 Å². The average Bonchev–Trinajstić information content (AvgIpc) is 2.30.